The lowest BCUT2D eigenvalue weighted by molar-refractivity contribution is 0.0955. The van der Waals surface area contributed by atoms with Crippen LogP contribution in [0.3, 0.4) is 0 Å². The predicted octanol–water partition coefficient (Wildman–Crippen LogP) is 3.02. The fourth-order valence-electron chi connectivity index (χ4n) is 2.60. The molecule has 0 aliphatic carbocycles. The summed E-state index contributed by atoms with van der Waals surface area (Å²) in [6, 6.07) is 16.0. The van der Waals surface area contributed by atoms with Gasteiger partial charge in [0.1, 0.15) is 5.75 Å². The van der Waals surface area contributed by atoms with E-state index < -0.39 is 0 Å². The van der Waals surface area contributed by atoms with Crippen molar-refractivity contribution in [1.82, 2.24) is 15.2 Å². The standard InChI is InChI=1S/C20H20N4O2/c1-14-10-15(2)24(23-14)13-16-6-8-18(9-7-16)20(26)22-21-12-17-4-3-5-19(25)11-17/h3-12,25H,13H2,1-2H3,(H,22,26)/b21-12-. The zero-order valence-electron chi connectivity index (χ0n) is 14.7. The van der Waals surface area contributed by atoms with Gasteiger partial charge in [-0.25, -0.2) is 5.43 Å². The molecule has 0 bridgehead atoms. The summed E-state index contributed by atoms with van der Waals surface area (Å²) in [6.45, 7) is 4.65. The third-order valence-corrected chi connectivity index (χ3v) is 3.90. The van der Waals surface area contributed by atoms with E-state index in [1.807, 2.05) is 36.7 Å². The normalized spacial score (nSPS) is 11.0. The molecule has 6 heteroatoms. The first-order valence-corrected chi connectivity index (χ1v) is 8.24. The quantitative estimate of drug-likeness (QED) is 0.549. The highest BCUT2D eigenvalue weighted by Gasteiger charge is 2.06. The van der Waals surface area contributed by atoms with Crippen LogP contribution in [0.25, 0.3) is 0 Å². The van der Waals surface area contributed by atoms with E-state index in [9.17, 15) is 9.90 Å². The number of phenolic OH excluding ortho intramolecular Hbond substituents is 1. The van der Waals surface area contributed by atoms with Crippen molar-refractivity contribution in [3.8, 4) is 5.75 Å². The van der Waals surface area contributed by atoms with Crippen LogP contribution in [-0.4, -0.2) is 27.0 Å². The Morgan fingerprint density at radius 2 is 1.96 bits per heavy atom. The molecule has 3 rings (SSSR count). The van der Waals surface area contributed by atoms with Crippen molar-refractivity contribution < 1.29 is 9.90 Å². The average molecular weight is 348 g/mol. The molecule has 1 amide bonds. The van der Waals surface area contributed by atoms with Gasteiger partial charge in [-0.1, -0.05) is 24.3 Å². The van der Waals surface area contributed by atoms with Gasteiger partial charge >= 0.3 is 0 Å². The number of benzene rings is 2. The molecule has 2 N–H and O–H groups in total. The van der Waals surface area contributed by atoms with E-state index in [0.717, 1.165) is 17.0 Å². The second-order valence-corrected chi connectivity index (χ2v) is 6.08. The van der Waals surface area contributed by atoms with Crippen LogP contribution in [0.15, 0.2) is 59.7 Å². The summed E-state index contributed by atoms with van der Waals surface area (Å²) < 4.78 is 1.93. The summed E-state index contributed by atoms with van der Waals surface area (Å²) >= 11 is 0. The van der Waals surface area contributed by atoms with Crippen LogP contribution in [0, 0.1) is 13.8 Å². The van der Waals surface area contributed by atoms with Crippen LogP contribution >= 0.6 is 0 Å². The average Bonchev–Trinajstić information content (AvgIpc) is 2.93. The van der Waals surface area contributed by atoms with Crippen molar-refractivity contribution in [2.45, 2.75) is 20.4 Å². The summed E-state index contributed by atoms with van der Waals surface area (Å²) in [4.78, 5) is 12.1. The Kier molecular flexibility index (Phi) is 5.12. The molecule has 2 aromatic carbocycles. The van der Waals surface area contributed by atoms with Crippen molar-refractivity contribution in [2.24, 2.45) is 5.10 Å². The van der Waals surface area contributed by atoms with Crippen LogP contribution in [0.2, 0.25) is 0 Å². The number of amides is 1. The van der Waals surface area contributed by atoms with Crippen LogP contribution in [0.1, 0.15) is 32.9 Å². The Balaban J connectivity index is 1.61. The summed E-state index contributed by atoms with van der Waals surface area (Å²) in [5.74, 6) is -0.141. The van der Waals surface area contributed by atoms with Gasteiger partial charge in [0.25, 0.3) is 5.91 Å². The van der Waals surface area contributed by atoms with Crippen molar-refractivity contribution in [3.05, 3.63) is 82.7 Å². The molecule has 0 fully saturated rings. The van der Waals surface area contributed by atoms with E-state index in [1.54, 1.807) is 36.4 Å². The summed E-state index contributed by atoms with van der Waals surface area (Å²) in [6.07, 6.45) is 1.48. The number of hydrogen-bond acceptors (Lipinski definition) is 4. The third kappa shape index (κ3) is 4.36. The van der Waals surface area contributed by atoms with E-state index in [2.05, 4.69) is 15.6 Å². The van der Waals surface area contributed by atoms with Gasteiger partial charge in [-0.2, -0.15) is 10.2 Å². The maximum atomic E-state index is 12.1. The number of nitrogens with one attached hydrogen (secondary N) is 1. The highest BCUT2D eigenvalue weighted by molar-refractivity contribution is 5.94. The predicted molar refractivity (Wildman–Crippen MR) is 100 cm³/mol. The molecule has 0 spiro atoms. The molecule has 0 saturated heterocycles. The number of aryl methyl sites for hydroxylation is 2. The number of phenols is 1. The second-order valence-electron chi connectivity index (χ2n) is 6.08. The molecule has 6 nitrogen and oxygen atoms in total. The number of nitrogens with zero attached hydrogens (tertiary/aromatic N) is 3. The van der Waals surface area contributed by atoms with Crippen molar-refractivity contribution in [1.29, 1.82) is 0 Å². The third-order valence-electron chi connectivity index (χ3n) is 3.90. The topological polar surface area (TPSA) is 79.5 Å². The van der Waals surface area contributed by atoms with Crippen LogP contribution in [0.4, 0.5) is 0 Å². The SMILES string of the molecule is Cc1cc(C)n(Cc2ccc(C(=O)N/N=C\c3cccc(O)c3)cc2)n1. The zero-order valence-corrected chi connectivity index (χ0v) is 14.7. The van der Waals surface area contributed by atoms with Crippen molar-refractivity contribution in [2.75, 3.05) is 0 Å². The van der Waals surface area contributed by atoms with E-state index in [-0.39, 0.29) is 11.7 Å². The van der Waals surface area contributed by atoms with E-state index in [0.29, 0.717) is 17.7 Å². The molecule has 0 unspecified atom stereocenters. The Bertz CT molecular complexity index is 943. The van der Waals surface area contributed by atoms with Crippen molar-refractivity contribution in [3.63, 3.8) is 0 Å². The molecule has 0 atom stereocenters. The molecule has 0 aliphatic rings. The molecule has 3 aromatic rings. The van der Waals surface area contributed by atoms with Gasteiger partial charge in [0.05, 0.1) is 18.5 Å². The van der Waals surface area contributed by atoms with E-state index in [1.165, 1.54) is 6.21 Å². The minimum Gasteiger partial charge on any atom is -0.508 e. The fourth-order valence-corrected chi connectivity index (χ4v) is 2.60. The summed E-state index contributed by atoms with van der Waals surface area (Å²) in [5.41, 5.74) is 6.86. The van der Waals surface area contributed by atoms with Gasteiger partial charge in [0.2, 0.25) is 0 Å². The van der Waals surface area contributed by atoms with Gasteiger partial charge in [-0.05, 0) is 55.3 Å². The summed E-state index contributed by atoms with van der Waals surface area (Å²) in [5, 5.41) is 17.7. The number of carbonyl (C=O) groups is 1. The Hall–Kier alpha value is -3.41. The number of rotatable bonds is 5. The van der Waals surface area contributed by atoms with Crippen LogP contribution < -0.4 is 5.43 Å². The fraction of sp³-hybridized carbons (Fsp3) is 0.150. The first kappa shape index (κ1) is 17.4. The Morgan fingerprint density at radius 3 is 2.62 bits per heavy atom. The molecule has 0 radical (unpaired) electrons. The van der Waals surface area contributed by atoms with Gasteiger partial charge in [0, 0.05) is 11.3 Å². The van der Waals surface area contributed by atoms with Gasteiger partial charge in [0.15, 0.2) is 0 Å². The van der Waals surface area contributed by atoms with Crippen molar-refractivity contribution >= 4 is 12.1 Å². The molecule has 132 valence electrons. The maximum Gasteiger partial charge on any atom is 0.271 e. The molecular formula is C20H20N4O2. The van der Waals surface area contributed by atoms with Crippen LogP contribution in [-0.2, 0) is 6.54 Å². The molecule has 26 heavy (non-hydrogen) atoms. The molecule has 1 heterocycles. The van der Waals surface area contributed by atoms with Gasteiger partial charge in [-0.3, -0.25) is 9.48 Å². The monoisotopic (exact) mass is 348 g/mol. The minimum atomic E-state index is -0.293. The Morgan fingerprint density at radius 1 is 1.19 bits per heavy atom. The first-order chi connectivity index (χ1) is 12.5. The summed E-state index contributed by atoms with van der Waals surface area (Å²) in [7, 11) is 0. The Labute approximate surface area is 151 Å². The molecule has 0 saturated carbocycles. The minimum absolute atomic E-state index is 0.151. The highest BCUT2D eigenvalue weighted by Crippen LogP contribution is 2.10. The van der Waals surface area contributed by atoms with Gasteiger partial charge < -0.3 is 5.11 Å². The van der Waals surface area contributed by atoms with E-state index in [4.69, 9.17) is 0 Å². The van der Waals surface area contributed by atoms with Gasteiger partial charge in [-0.15, -0.1) is 0 Å². The van der Waals surface area contributed by atoms with Crippen LogP contribution in [0.5, 0.6) is 5.75 Å². The number of hydrazone groups is 1. The highest BCUT2D eigenvalue weighted by atomic mass is 16.3. The number of aromatic hydroxyl groups is 1. The largest absolute Gasteiger partial charge is 0.508 e. The molecular weight excluding hydrogens is 328 g/mol. The lowest BCUT2D eigenvalue weighted by atomic mass is 10.1. The lowest BCUT2D eigenvalue weighted by Crippen LogP contribution is -2.17. The van der Waals surface area contributed by atoms with E-state index >= 15 is 0 Å². The molecule has 0 aliphatic heterocycles. The maximum absolute atomic E-state index is 12.1. The second kappa shape index (κ2) is 7.65. The first-order valence-electron chi connectivity index (χ1n) is 8.24. The smallest absolute Gasteiger partial charge is 0.271 e. The number of hydrogen-bond donors (Lipinski definition) is 2. The number of aromatic nitrogens is 2. The molecule has 1 aromatic heterocycles. The number of carbonyl (C=O) groups excluding carboxylic acids is 1. The zero-order chi connectivity index (χ0) is 18.5. The lowest BCUT2D eigenvalue weighted by Gasteiger charge is -2.06.